The van der Waals surface area contributed by atoms with Crippen LogP contribution in [-0.4, -0.2) is 26.5 Å². The molecule has 0 spiro atoms. The highest BCUT2D eigenvalue weighted by atomic mass is 19.4. The molecule has 1 aromatic carbocycles. The van der Waals surface area contributed by atoms with Crippen molar-refractivity contribution in [2.45, 2.75) is 31.9 Å². The summed E-state index contributed by atoms with van der Waals surface area (Å²) in [4.78, 5) is 20.1. The van der Waals surface area contributed by atoms with Gasteiger partial charge in [0.25, 0.3) is 0 Å². The predicted molar refractivity (Wildman–Crippen MR) is 109 cm³/mol. The Morgan fingerprint density at radius 2 is 2.12 bits per heavy atom. The number of anilines is 3. The standard InChI is InChI=1S/C20H19F4N7O/c21-13-4-3-12(6-11(13)7-27-14-2-1-5-26-18(14)25)29-19(32)15-9-31-10-16(20(22,23)24)30-17(31)8-28-15/h1-6,10,15,27-28H,7-9H2,(H2,25,26)(H,29,32). The minimum atomic E-state index is -4.55. The number of alkyl halides is 3. The molecule has 0 radical (unpaired) electrons. The summed E-state index contributed by atoms with van der Waals surface area (Å²) in [5, 5.41) is 8.52. The number of amides is 1. The summed E-state index contributed by atoms with van der Waals surface area (Å²) in [6.45, 7) is 0.102. The fourth-order valence-electron chi connectivity index (χ4n) is 3.32. The molecule has 3 heterocycles. The second-order valence-electron chi connectivity index (χ2n) is 7.21. The molecule has 0 saturated carbocycles. The topological polar surface area (TPSA) is 110 Å². The summed E-state index contributed by atoms with van der Waals surface area (Å²) in [6.07, 6.45) is -2.13. The van der Waals surface area contributed by atoms with Crippen molar-refractivity contribution >= 4 is 23.1 Å². The van der Waals surface area contributed by atoms with Crippen LogP contribution in [0.1, 0.15) is 17.1 Å². The van der Waals surface area contributed by atoms with Crippen LogP contribution in [0.15, 0.2) is 42.7 Å². The first kappa shape index (κ1) is 21.6. The van der Waals surface area contributed by atoms with Crippen LogP contribution in [0.2, 0.25) is 0 Å². The van der Waals surface area contributed by atoms with Crippen molar-refractivity contribution in [3.05, 3.63) is 65.6 Å². The number of hydrogen-bond donors (Lipinski definition) is 4. The Morgan fingerprint density at radius 1 is 1.31 bits per heavy atom. The third-order valence-corrected chi connectivity index (χ3v) is 4.97. The van der Waals surface area contributed by atoms with Crippen molar-refractivity contribution in [2.24, 2.45) is 0 Å². The summed E-state index contributed by atoms with van der Waals surface area (Å²) < 4.78 is 54.1. The van der Waals surface area contributed by atoms with Crippen LogP contribution in [-0.2, 0) is 30.6 Å². The average molecular weight is 449 g/mol. The van der Waals surface area contributed by atoms with E-state index >= 15 is 0 Å². The lowest BCUT2D eigenvalue weighted by molar-refractivity contribution is -0.141. The molecule has 1 amide bonds. The van der Waals surface area contributed by atoms with Crippen LogP contribution >= 0.6 is 0 Å². The second kappa shape index (κ2) is 8.46. The molecule has 1 aliphatic heterocycles. The molecular weight excluding hydrogens is 430 g/mol. The Morgan fingerprint density at radius 3 is 2.88 bits per heavy atom. The van der Waals surface area contributed by atoms with E-state index in [0.29, 0.717) is 11.4 Å². The first-order valence-corrected chi connectivity index (χ1v) is 9.61. The highest BCUT2D eigenvalue weighted by molar-refractivity contribution is 5.95. The molecule has 0 bridgehead atoms. The summed E-state index contributed by atoms with van der Waals surface area (Å²) in [6, 6.07) is 6.71. The van der Waals surface area contributed by atoms with Crippen molar-refractivity contribution in [1.29, 1.82) is 0 Å². The summed E-state index contributed by atoms with van der Waals surface area (Å²) >= 11 is 0. The van der Waals surface area contributed by atoms with E-state index in [1.807, 2.05) is 0 Å². The maximum Gasteiger partial charge on any atom is 0.434 e. The fourth-order valence-corrected chi connectivity index (χ4v) is 3.32. The lowest BCUT2D eigenvalue weighted by Gasteiger charge is -2.24. The highest BCUT2D eigenvalue weighted by Crippen LogP contribution is 2.29. The fraction of sp³-hybridized carbons (Fsp3) is 0.250. The van der Waals surface area contributed by atoms with E-state index in [4.69, 9.17) is 5.73 Å². The van der Waals surface area contributed by atoms with E-state index < -0.39 is 29.6 Å². The average Bonchev–Trinajstić information content (AvgIpc) is 3.19. The molecule has 1 unspecified atom stereocenters. The molecule has 0 aliphatic carbocycles. The van der Waals surface area contributed by atoms with Gasteiger partial charge in [-0.1, -0.05) is 0 Å². The van der Waals surface area contributed by atoms with Crippen molar-refractivity contribution in [1.82, 2.24) is 19.9 Å². The number of carbonyl (C=O) groups excluding carboxylic acids is 1. The van der Waals surface area contributed by atoms with E-state index in [2.05, 4.69) is 25.9 Å². The molecule has 2 aromatic heterocycles. The first-order valence-electron chi connectivity index (χ1n) is 9.61. The molecule has 12 heteroatoms. The molecular formula is C20H19F4N7O. The number of halogens is 4. The van der Waals surface area contributed by atoms with Gasteiger partial charge in [0.2, 0.25) is 5.91 Å². The summed E-state index contributed by atoms with van der Waals surface area (Å²) in [7, 11) is 0. The normalized spacial score (nSPS) is 15.8. The molecule has 1 aliphatic rings. The van der Waals surface area contributed by atoms with Crippen LogP contribution in [0.5, 0.6) is 0 Å². The first-order chi connectivity index (χ1) is 15.2. The van der Waals surface area contributed by atoms with Crippen molar-refractivity contribution < 1.29 is 22.4 Å². The van der Waals surface area contributed by atoms with E-state index in [1.54, 1.807) is 12.1 Å². The minimum Gasteiger partial charge on any atom is -0.382 e. The number of fused-ring (bicyclic) bond motifs is 1. The number of pyridine rings is 1. The van der Waals surface area contributed by atoms with Gasteiger partial charge in [-0.15, -0.1) is 0 Å². The Kier molecular flexibility index (Phi) is 5.70. The number of benzene rings is 1. The quantitative estimate of drug-likeness (QED) is 0.446. The molecule has 4 rings (SSSR count). The number of nitrogens with one attached hydrogen (secondary N) is 3. The number of aromatic nitrogens is 3. The highest BCUT2D eigenvalue weighted by Gasteiger charge is 2.36. The zero-order valence-electron chi connectivity index (χ0n) is 16.6. The lowest BCUT2D eigenvalue weighted by atomic mass is 10.1. The predicted octanol–water partition coefficient (Wildman–Crippen LogP) is 2.74. The minimum absolute atomic E-state index is 0.0132. The number of hydrogen-bond acceptors (Lipinski definition) is 6. The number of carbonyl (C=O) groups is 1. The maximum atomic E-state index is 14.2. The molecule has 5 N–H and O–H groups in total. The van der Waals surface area contributed by atoms with Gasteiger partial charge in [0.15, 0.2) is 5.69 Å². The largest absolute Gasteiger partial charge is 0.434 e. The SMILES string of the molecule is Nc1ncccc1NCc1cc(NC(=O)C2Cn3cc(C(F)(F)F)nc3CN2)ccc1F. The smallest absolute Gasteiger partial charge is 0.382 e. The van der Waals surface area contributed by atoms with Crippen molar-refractivity contribution in [3.63, 3.8) is 0 Å². The van der Waals surface area contributed by atoms with Gasteiger partial charge in [0.05, 0.1) is 12.2 Å². The zero-order valence-corrected chi connectivity index (χ0v) is 16.6. The van der Waals surface area contributed by atoms with Crippen LogP contribution in [0.3, 0.4) is 0 Å². The van der Waals surface area contributed by atoms with Crippen LogP contribution < -0.4 is 21.7 Å². The third-order valence-electron chi connectivity index (χ3n) is 4.97. The number of nitrogens with two attached hydrogens (primary N) is 1. The second-order valence-corrected chi connectivity index (χ2v) is 7.21. The van der Waals surface area contributed by atoms with Crippen LogP contribution in [0, 0.1) is 5.82 Å². The molecule has 0 fully saturated rings. The maximum absolute atomic E-state index is 14.2. The molecule has 32 heavy (non-hydrogen) atoms. The third kappa shape index (κ3) is 4.64. The van der Waals surface area contributed by atoms with E-state index in [9.17, 15) is 22.4 Å². The van der Waals surface area contributed by atoms with Crippen molar-refractivity contribution in [3.8, 4) is 0 Å². The van der Waals surface area contributed by atoms with Gasteiger partial charge in [-0.05, 0) is 30.3 Å². The lowest BCUT2D eigenvalue weighted by Crippen LogP contribution is -2.46. The van der Waals surface area contributed by atoms with Gasteiger partial charge in [-0.2, -0.15) is 13.2 Å². The summed E-state index contributed by atoms with van der Waals surface area (Å²) in [5.41, 5.74) is 5.94. The Balaban J connectivity index is 1.42. The zero-order chi connectivity index (χ0) is 22.9. The molecule has 168 valence electrons. The molecule has 8 nitrogen and oxygen atoms in total. The number of imidazole rings is 1. The molecule has 3 aromatic rings. The Bertz CT molecular complexity index is 1150. The van der Waals surface area contributed by atoms with Gasteiger partial charge in [-0.25, -0.2) is 14.4 Å². The number of nitrogen functional groups attached to an aromatic ring is 1. The number of nitrogens with zero attached hydrogens (tertiary/aromatic N) is 3. The van der Waals surface area contributed by atoms with Gasteiger partial charge in [0, 0.05) is 36.7 Å². The molecule has 1 atom stereocenters. The van der Waals surface area contributed by atoms with Crippen LogP contribution in [0.4, 0.5) is 34.8 Å². The number of rotatable bonds is 5. The summed E-state index contributed by atoms with van der Waals surface area (Å²) in [5.74, 6) is -0.462. The van der Waals surface area contributed by atoms with Gasteiger partial charge >= 0.3 is 6.18 Å². The van der Waals surface area contributed by atoms with Crippen molar-refractivity contribution in [2.75, 3.05) is 16.4 Å². The van der Waals surface area contributed by atoms with Crippen LogP contribution in [0.25, 0.3) is 0 Å². The Hall–Kier alpha value is -3.67. The van der Waals surface area contributed by atoms with E-state index in [0.717, 1.165) is 6.20 Å². The van der Waals surface area contributed by atoms with Gasteiger partial charge in [-0.3, -0.25) is 10.1 Å². The van der Waals surface area contributed by atoms with Gasteiger partial charge < -0.3 is 20.9 Å². The molecule has 0 saturated heterocycles. The Labute approximate surface area is 179 Å². The van der Waals surface area contributed by atoms with E-state index in [1.165, 1.54) is 29.0 Å². The van der Waals surface area contributed by atoms with E-state index in [-0.39, 0.29) is 36.8 Å². The monoisotopic (exact) mass is 449 g/mol. The van der Waals surface area contributed by atoms with Gasteiger partial charge in [0.1, 0.15) is 23.5 Å².